The van der Waals surface area contributed by atoms with Crippen molar-refractivity contribution in [1.82, 2.24) is 29.6 Å². The maximum atomic E-state index is 12.6. The van der Waals surface area contributed by atoms with Crippen molar-refractivity contribution in [2.45, 2.75) is 51.2 Å². The molecule has 1 unspecified atom stereocenters. The predicted molar refractivity (Wildman–Crippen MR) is 91.8 cm³/mol. The highest BCUT2D eigenvalue weighted by atomic mass is 16.2. The number of nitrogens with zero attached hydrogens (tertiary/aromatic N) is 5. The van der Waals surface area contributed by atoms with Crippen molar-refractivity contribution in [3.8, 4) is 0 Å². The van der Waals surface area contributed by atoms with E-state index in [1.54, 1.807) is 0 Å². The molecule has 0 radical (unpaired) electrons. The van der Waals surface area contributed by atoms with Gasteiger partial charge in [-0.25, -0.2) is 4.98 Å². The van der Waals surface area contributed by atoms with E-state index in [0.717, 1.165) is 47.8 Å². The lowest BCUT2D eigenvalue weighted by Gasteiger charge is -2.32. The molecule has 25 heavy (non-hydrogen) atoms. The van der Waals surface area contributed by atoms with Crippen molar-refractivity contribution >= 4 is 16.9 Å². The van der Waals surface area contributed by atoms with Crippen LogP contribution in [0.1, 0.15) is 43.3 Å². The summed E-state index contributed by atoms with van der Waals surface area (Å²) in [6.07, 6.45) is 3.70. The normalized spacial score (nSPS) is 20.3. The molecule has 1 aliphatic carbocycles. The molecule has 3 aromatic rings. The molecule has 1 fully saturated rings. The van der Waals surface area contributed by atoms with E-state index >= 15 is 0 Å². The first-order valence-corrected chi connectivity index (χ1v) is 8.87. The maximum absolute atomic E-state index is 12.6. The van der Waals surface area contributed by atoms with Crippen molar-refractivity contribution < 1.29 is 4.79 Å². The van der Waals surface area contributed by atoms with E-state index in [9.17, 15) is 4.79 Å². The molecule has 3 heterocycles. The molecule has 5 rings (SSSR count). The number of hydrogen-bond acceptors (Lipinski definition) is 4. The molecule has 0 spiro atoms. The highest BCUT2D eigenvalue weighted by Gasteiger charge is 2.40. The lowest BCUT2D eigenvalue weighted by molar-refractivity contribution is -0.137. The molecule has 1 aromatic carbocycles. The number of imidazole rings is 1. The average molecular weight is 336 g/mol. The summed E-state index contributed by atoms with van der Waals surface area (Å²) in [7, 11) is 0. The molecule has 7 heteroatoms. The van der Waals surface area contributed by atoms with Gasteiger partial charge < -0.3 is 14.5 Å². The van der Waals surface area contributed by atoms with Gasteiger partial charge in [-0.2, -0.15) is 0 Å². The molecule has 0 saturated heterocycles. The van der Waals surface area contributed by atoms with E-state index in [-0.39, 0.29) is 11.9 Å². The topological polar surface area (TPSA) is 79.7 Å². The van der Waals surface area contributed by atoms with E-state index in [4.69, 9.17) is 0 Å². The van der Waals surface area contributed by atoms with Gasteiger partial charge in [0.2, 0.25) is 5.91 Å². The third kappa shape index (κ3) is 2.42. The molecule has 1 atom stereocenters. The summed E-state index contributed by atoms with van der Waals surface area (Å²) < 4.78 is 2.02. The number of carbonyl (C=O) groups excluding carboxylic acids is 1. The minimum absolute atomic E-state index is 0.194. The molecular formula is C18H20N6O. The molecule has 1 saturated carbocycles. The number of hydrogen-bond donors (Lipinski definition) is 1. The fourth-order valence-electron chi connectivity index (χ4n) is 3.72. The summed E-state index contributed by atoms with van der Waals surface area (Å²) in [6.45, 7) is 2.54. The smallest absolute Gasteiger partial charge is 0.246 e. The largest absolute Gasteiger partial charge is 0.342 e. The fraction of sp³-hybridized carbons (Fsp3) is 0.444. The molecule has 7 nitrogen and oxygen atoms in total. The van der Waals surface area contributed by atoms with E-state index in [1.165, 1.54) is 0 Å². The summed E-state index contributed by atoms with van der Waals surface area (Å²) in [5, 5.41) is 8.70. The summed E-state index contributed by atoms with van der Waals surface area (Å²) >= 11 is 0. The molecule has 2 aliphatic rings. The number of para-hydroxylation sites is 2. The Kier molecular flexibility index (Phi) is 3.16. The van der Waals surface area contributed by atoms with Crippen LogP contribution in [0.15, 0.2) is 24.3 Å². The van der Waals surface area contributed by atoms with Crippen molar-refractivity contribution in [2.75, 3.05) is 0 Å². The predicted octanol–water partition coefficient (Wildman–Crippen LogP) is 2.01. The second-order valence-corrected chi connectivity index (χ2v) is 6.98. The number of amides is 1. The molecular weight excluding hydrogens is 316 g/mol. The lowest BCUT2D eigenvalue weighted by Crippen LogP contribution is -2.43. The first-order valence-electron chi connectivity index (χ1n) is 8.87. The van der Waals surface area contributed by atoms with Crippen LogP contribution in [0.4, 0.5) is 0 Å². The van der Waals surface area contributed by atoms with Gasteiger partial charge in [0.1, 0.15) is 17.7 Å². The van der Waals surface area contributed by atoms with Crippen LogP contribution in [0.3, 0.4) is 0 Å². The number of carbonyl (C=O) groups is 1. The van der Waals surface area contributed by atoms with E-state index < -0.39 is 0 Å². The van der Waals surface area contributed by atoms with Crippen molar-refractivity contribution in [3.05, 3.63) is 41.7 Å². The first-order chi connectivity index (χ1) is 12.2. The van der Waals surface area contributed by atoms with Crippen molar-refractivity contribution in [2.24, 2.45) is 0 Å². The van der Waals surface area contributed by atoms with Gasteiger partial charge in [0.05, 0.1) is 17.6 Å². The Morgan fingerprint density at radius 3 is 2.84 bits per heavy atom. The zero-order valence-electron chi connectivity index (χ0n) is 14.1. The quantitative estimate of drug-likeness (QED) is 0.790. The fourth-order valence-corrected chi connectivity index (χ4v) is 3.72. The van der Waals surface area contributed by atoms with E-state index in [1.807, 2.05) is 40.7 Å². The molecule has 2 aromatic heterocycles. The SMILES string of the molecule is CC1C(=O)N(C2CC2)Cc2nnc(CCc3nc4ccccc4[nH]3)n21. The summed E-state index contributed by atoms with van der Waals surface area (Å²) in [5.41, 5.74) is 2.02. The summed E-state index contributed by atoms with van der Waals surface area (Å²) in [4.78, 5) is 22.6. The van der Waals surface area contributed by atoms with E-state index in [0.29, 0.717) is 19.0 Å². The zero-order valence-corrected chi connectivity index (χ0v) is 14.1. The van der Waals surface area contributed by atoms with Crippen LogP contribution < -0.4 is 0 Å². The van der Waals surface area contributed by atoms with E-state index in [2.05, 4.69) is 20.2 Å². The highest BCUT2D eigenvalue weighted by Crippen LogP contribution is 2.33. The Morgan fingerprint density at radius 2 is 2.04 bits per heavy atom. The number of rotatable bonds is 4. The highest BCUT2D eigenvalue weighted by molar-refractivity contribution is 5.81. The standard InChI is InChI=1S/C18H20N6O/c1-11-18(25)23(12-6-7-12)10-17-22-21-16(24(11)17)9-8-15-19-13-4-2-3-5-14(13)20-15/h2-5,11-12H,6-10H2,1H3,(H,19,20). The van der Waals surface area contributed by atoms with Crippen LogP contribution in [-0.2, 0) is 24.2 Å². The lowest BCUT2D eigenvalue weighted by atomic mass is 10.2. The molecule has 128 valence electrons. The number of H-pyrrole nitrogens is 1. The van der Waals surface area contributed by atoms with Gasteiger partial charge >= 0.3 is 0 Å². The molecule has 1 aliphatic heterocycles. The third-order valence-electron chi connectivity index (χ3n) is 5.19. The van der Waals surface area contributed by atoms with Gasteiger partial charge in [-0.15, -0.1) is 10.2 Å². The zero-order chi connectivity index (χ0) is 17.0. The van der Waals surface area contributed by atoms with Gasteiger partial charge in [-0.3, -0.25) is 4.79 Å². The summed E-state index contributed by atoms with van der Waals surface area (Å²) in [6, 6.07) is 8.21. The number of benzene rings is 1. The Morgan fingerprint density at radius 1 is 1.20 bits per heavy atom. The minimum atomic E-state index is -0.218. The van der Waals surface area contributed by atoms with Gasteiger partial charge in [0.25, 0.3) is 0 Å². The van der Waals surface area contributed by atoms with Crippen LogP contribution in [0, 0.1) is 0 Å². The number of aromatic amines is 1. The Hall–Kier alpha value is -2.70. The number of aryl methyl sites for hydroxylation is 2. The number of aromatic nitrogens is 5. The molecule has 1 amide bonds. The Labute approximate surface area is 145 Å². The van der Waals surface area contributed by atoms with Crippen LogP contribution in [0.5, 0.6) is 0 Å². The molecule has 1 N–H and O–H groups in total. The van der Waals surface area contributed by atoms with Crippen LogP contribution in [-0.4, -0.2) is 41.6 Å². The van der Waals surface area contributed by atoms with Crippen LogP contribution in [0.2, 0.25) is 0 Å². The third-order valence-corrected chi connectivity index (χ3v) is 5.19. The van der Waals surface area contributed by atoms with Gasteiger partial charge in [0, 0.05) is 18.9 Å². The Balaban J connectivity index is 1.38. The second-order valence-electron chi connectivity index (χ2n) is 6.98. The Bertz CT molecular complexity index is 921. The van der Waals surface area contributed by atoms with Crippen LogP contribution >= 0.6 is 0 Å². The second kappa shape index (κ2) is 5.40. The first kappa shape index (κ1) is 14.6. The monoisotopic (exact) mass is 336 g/mol. The van der Waals surface area contributed by atoms with Crippen molar-refractivity contribution in [3.63, 3.8) is 0 Å². The molecule has 0 bridgehead atoms. The van der Waals surface area contributed by atoms with Crippen molar-refractivity contribution in [1.29, 1.82) is 0 Å². The maximum Gasteiger partial charge on any atom is 0.246 e. The average Bonchev–Trinajstić information content (AvgIpc) is 3.24. The van der Waals surface area contributed by atoms with Crippen LogP contribution in [0.25, 0.3) is 11.0 Å². The minimum Gasteiger partial charge on any atom is -0.342 e. The van der Waals surface area contributed by atoms with Gasteiger partial charge in [0.15, 0.2) is 5.82 Å². The van der Waals surface area contributed by atoms with Gasteiger partial charge in [-0.05, 0) is 31.9 Å². The number of fused-ring (bicyclic) bond motifs is 2. The number of nitrogens with one attached hydrogen (secondary N) is 1. The van der Waals surface area contributed by atoms with Gasteiger partial charge in [-0.1, -0.05) is 12.1 Å². The summed E-state index contributed by atoms with van der Waals surface area (Å²) in [5.74, 6) is 2.90.